The van der Waals surface area contributed by atoms with Crippen molar-refractivity contribution in [3.05, 3.63) is 82.9 Å². The van der Waals surface area contributed by atoms with E-state index < -0.39 is 18.0 Å². The summed E-state index contributed by atoms with van der Waals surface area (Å²) in [5, 5.41) is 2.94. The van der Waals surface area contributed by atoms with Crippen LogP contribution in [0.5, 0.6) is 0 Å². The fraction of sp³-hybridized carbons (Fsp3) is 0.308. The first-order valence-electron chi connectivity index (χ1n) is 10.6. The minimum Gasteiger partial charge on any atom is -0.282 e. The standard InChI is InChI=1S/C26H31O3PS/c1-17(2)21-15-19(5)11-13-23(21)30(24-14-12-20(6)16-22(24)18(3)4)25-9-7-8-10-26(25)31(27,28)29/h7-18H,1-6H3,(H,27,28,29). The van der Waals surface area contributed by atoms with Crippen molar-refractivity contribution in [1.82, 2.24) is 0 Å². The molecule has 0 spiro atoms. The molecule has 0 aliphatic rings. The smallest absolute Gasteiger partial charge is 0.282 e. The van der Waals surface area contributed by atoms with Crippen molar-refractivity contribution in [2.75, 3.05) is 0 Å². The van der Waals surface area contributed by atoms with E-state index in [1.807, 2.05) is 12.1 Å². The molecule has 0 atom stereocenters. The van der Waals surface area contributed by atoms with E-state index in [1.54, 1.807) is 6.07 Å². The lowest BCUT2D eigenvalue weighted by molar-refractivity contribution is 0.484. The molecular weight excluding hydrogens is 423 g/mol. The zero-order valence-corrected chi connectivity index (χ0v) is 20.8. The predicted octanol–water partition coefficient (Wildman–Crippen LogP) is 5.56. The van der Waals surface area contributed by atoms with E-state index in [0.717, 1.165) is 10.6 Å². The molecule has 31 heavy (non-hydrogen) atoms. The van der Waals surface area contributed by atoms with Gasteiger partial charge in [0.1, 0.15) is 4.90 Å². The van der Waals surface area contributed by atoms with Gasteiger partial charge in [0.2, 0.25) is 0 Å². The normalized spacial score (nSPS) is 12.2. The van der Waals surface area contributed by atoms with Crippen LogP contribution < -0.4 is 15.9 Å². The van der Waals surface area contributed by atoms with Crippen LogP contribution in [0.4, 0.5) is 0 Å². The summed E-state index contributed by atoms with van der Waals surface area (Å²) >= 11 is 0. The molecule has 3 aromatic rings. The van der Waals surface area contributed by atoms with Crippen LogP contribution in [0.1, 0.15) is 61.8 Å². The third-order valence-electron chi connectivity index (χ3n) is 5.48. The Morgan fingerprint density at radius 2 is 1.16 bits per heavy atom. The molecule has 0 bridgehead atoms. The van der Waals surface area contributed by atoms with E-state index in [4.69, 9.17) is 0 Å². The third-order valence-corrected chi connectivity index (χ3v) is 9.19. The van der Waals surface area contributed by atoms with Gasteiger partial charge in [-0.05, 0) is 61.4 Å². The van der Waals surface area contributed by atoms with Gasteiger partial charge in [0.05, 0.1) is 0 Å². The van der Waals surface area contributed by atoms with Gasteiger partial charge in [-0.25, -0.2) is 0 Å². The third kappa shape index (κ3) is 5.09. The largest absolute Gasteiger partial charge is 0.295 e. The molecule has 3 rings (SSSR count). The second kappa shape index (κ2) is 9.24. The average Bonchev–Trinajstić information content (AvgIpc) is 2.69. The summed E-state index contributed by atoms with van der Waals surface area (Å²) in [4.78, 5) is -0.00771. The van der Waals surface area contributed by atoms with Crippen molar-refractivity contribution < 1.29 is 13.0 Å². The molecule has 3 aromatic carbocycles. The zero-order valence-electron chi connectivity index (χ0n) is 19.0. The SMILES string of the molecule is Cc1ccc(P(c2ccc(C)cc2C(C)C)c2ccccc2S(=O)(=O)O)c(C(C)C)c1. The van der Waals surface area contributed by atoms with Crippen molar-refractivity contribution >= 4 is 34.0 Å². The average molecular weight is 455 g/mol. The Labute approximate surface area is 188 Å². The molecule has 0 aliphatic carbocycles. The highest BCUT2D eigenvalue weighted by molar-refractivity contribution is 7.88. The molecule has 0 saturated carbocycles. The van der Waals surface area contributed by atoms with Gasteiger partial charge in [-0.1, -0.05) is 93.4 Å². The van der Waals surface area contributed by atoms with Crippen LogP contribution >= 0.6 is 7.92 Å². The van der Waals surface area contributed by atoms with Crippen molar-refractivity contribution in [3.63, 3.8) is 0 Å². The molecule has 3 nitrogen and oxygen atoms in total. The van der Waals surface area contributed by atoms with Gasteiger partial charge in [-0.3, -0.25) is 4.55 Å². The van der Waals surface area contributed by atoms with Gasteiger partial charge in [0.15, 0.2) is 0 Å². The monoisotopic (exact) mass is 454 g/mol. The molecule has 0 saturated heterocycles. The van der Waals surface area contributed by atoms with Gasteiger partial charge in [-0.2, -0.15) is 8.42 Å². The van der Waals surface area contributed by atoms with Crippen LogP contribution in [0.25, 0.3) is 0 Å². The molecule has 5 heteroatoms. The molecule has 0 fully saturated rings. The van der Waals surface area contributed by atoms with E-state index >= 15 is 0 Å². The Bertz CT molecular complexity index is 1140. The van der Waals surface area contributed by atoms with Crippen LogP contribution in [-0.2, 0) is 10.1 Å². The first kappa shape index (κ1) is 23.7. The molecule has 0 aromatic heterocycles. The summed E-state index contributed by atoms with van der Waals surface area (Å²) in [7, 11) is -5.56. The van der Waals surface area contributed by atoms with E-state index in [1.165, 1.54) is 28.3 Å². The number of hydrogen-bond donors (Lipinski definition) is 1. The van der Waals surface area contributed by atoms with Crippen molar-refractivity contribution in [1.29, 1.82) is 0 Å². The highest BCUT2D eigenvalue weighted by Gasteiger charge is 2.29. The zero-order chi connectivity index (χ0) is 22.9. The maximum atomic E-state index is 12.3. The summed E-state index contributed by atoms with van der Waals surface area (Å²) in [6, 6.07) is 19.7. The summed E-state index contributed by atoms with van der Waals surface area (Å²) in [5.41, 5.74) is 4.79. The molecule has 1 N–H and O–H groups in total. The topological polar surface area (TPSA) is 54.4 Å². The summed E-state index contributed by atoms with van der Waals surface area (Å²) < 4.78 is 34.7. The fourth-order valence-corrected chi connectivity index (χ4v) is 8.05. The van der Waals surface area contributed by atoms with Crippen LogP contribution in [0.15, 0.2) is 65.6 Å². The van der Waals surface area contributed by atoms with Gasteiger partial charge in [-0.15, -0.1) is 0 Å². The Morgan fingerprint density at radius 1 is 0.710 bits per heavy atom. The van der Waals surface area contributed by atoms with Gasteiger partial charge in [0, 0.05) is 5.30 Å². The van der Waals surface area contributed by atoms with Gasteiger partial charge < -0.3 is 0 Å². The molecular formula is C26H31O3PS. The maximum absolute atomic E-state index is 12.3. The Morgan fingerprint density at radius 3 is 1.58 bits per heavy atom. The maximum Gasteiger partial charge on any atom is 0.295 e. The highest BCUT2D eigenvalue weighted by Crippen LogP contribution is 2.40. The Balaban J connectivity index is 2.45. The minimum absolute atomic E-state index is 0.00771. The quantitative estimate of drug-likeness (QED) is 0.392. The molecule has 0 aliphatic heterocycles. The van der Waals surface area contributed by atoms with Gasteiger partial charge >= 0.3 is 0 Å². The highest BCUT2D eigenvalue weighted by atomic mass is 32.2. The van der Waals surface area contributed by atoms with Gasteiger partial charge in [0.25, 0.3) is 10.1 Å². The molecule has 0 unspecified atom stereocenters. The van der Waals surface area contributed by atoms with E-state index in [0.29, 0.717) is 5.30 Å². The summed E-state index contributed by atoms with van der Waals surface area (Å²) in [5.74, 6) is 0.566. The van der Waals surface area contributed by atoms with Crippen molar-refractivity contribution in [2.45, 2.75) is 58.3 Å². The number of aryl methyl sites for hydroxylation is 2. The lowest BCUT2D eigenvalue weighted by Crippen LogP contribution is -2.29. The van der Waals surface area contributed by atoms with Crippen LogP contribution in [-0.4, -0.2) is 13.0 Å². The Kier molecular flexibility index (Phi) is 7.05. The number of hydrogen-bond acceptors (Lipinski definition) is 2. The molecule has 0 heterocycles. The number of rotatable bonds is 6. The predicted molar refractivity (Wildman–Crippen MR) is 133 cm³/mol. The first-order chi connectivity index (χ1) is 14.5. The van der Waals surface area contributed by atoms with Crippen molar-refractivity contribution in [2.24, 2.45) is 0 Å². The van der Waals surface area contributed by atoms with Crippen molar-refractivity contribution in [3.8, 4) is 0 Å². The van der Waals surface area contributed by atoms with Crippen LogP contribution in [0, 0.1) is 13.8 Å². The molecule has 0 amide bonds. The lowest BCUT2D eigenvalue weighted by Gasteiger charge is -2.28. The van der Waals surface area contributed by atoms with Crippen LogP contribution in [0.2, 0.25) is 0 Å². The molecule has 0 radical (unpaired) electrons. The molecule has 164 valence electrons. The van der Waals surface area contributed by atoms with E-state index in [9.17, 15) is 13.0 Å². The summed E-state index contributed by atoms with van der Waals surface area (Å²) in [6.45, 7) is 12.8. The number of benzene rings is 3. The second-order valence-electron chi connectivity index (χ2n) is 8.71. The minimum atomic E-state index is -4.36. The van der Waals surface area contributed by atoms with E-state index in [2.05, 4.69) is 77.9 Å². The Hall–Kier alpha value is -2.00. The van der Waals surface area contributed by atoms with E-state index in [-0.39, 0.29) is 16.7 Å². The van der Waals surface area contributed by atoms with Crippen LogP contribution in [0.3, 0.4) is 0 Å². The first-order valence-corrected chi connectivity index (χ1v) is 13.4. The second-order valence-corrected chi connectivity index (χ2v) is 12.2. The fourth-order valence-electron chi connectivity index (χ4n) is 3.93. The summed E-state index contributed by atoms with van der Waals surface area (Å²) in [6.07, 6.45) is 0. The lowest BCUT2D eigenvalue weighted by atomic mass is 10.0.